The third-order valence-electron chi connectivity index (χ3n) is 4.71. The Hall–Kier alpha value is -2.66. The molecular weight excluding hydrogens is 1080 g/mol. The van der Waals surface area contributed by atoms with Crippen molar-refractivity contribution in [1.29, 1.82) is 0 Å². The van der Waals surface area contributed by atoms with Gasteiger partial charge in [0.1, 0.15) is 0 Å². The van der Waals surface area contributed by atoms with Crippen molar-refractivity contribution in [3.05, 3.63) is 45.6 Å². The molecule has 0 spiro atoms. The molecule has 3 rings (SSSR count). The number of carbonyl (C=O) groups is 3. The van der Waals surface area contributed by atoms with Gasteiger partial charge in [-0.15, -0.1) is 0 Å². The van der Waals surface area contributed by atoms with Gasteiger partial charge in [-0.1, -0.05) is 0 Å². The minimum atomic E-state index is -5.17. The van der Waals surface area contributed by atoms with Crippen LogP contribution in [0.5, 0.6) is 51.7 Å². The molecule has 3 aromatic carbocycles. The number of aromatic hydroxyl groups is 9. The molecule has 0 saturated heterocycles. The van der Waals surface area contributed by atoms with Crippen molar-refractivity contribution in [3.63, 3.8) is 0 Å². The van der Waals surface area contributed by atoms with Crippen molar-refractivity contribution in [2.24, 2.45) is 0 Å². The van der Waals surface area contributed by atoms with Gasteiger partial charge in [0.2, 0.25) is 0 Å². The summed E-state index contributed by atoms with van der Waals surface area (Å²) >= 11 is -0.872. The van der Waals surface area contributed by atoms with Crippen molar-refractivity contribution in [1.82, 2.24) is 0 Å². The van der Waals surface area contributed by atoms with Gasteiger partial charge >= 0.3 is 275 Å². The first-order valence-corrected chi connectivity index (χ1v) is 17.3. The van der Waals surface area contributed by atoms with Crippen LogP contribution in [-0.2, 0) is 8.44 Å². The van der Waals surface area contributed by atoms with Crippen LogP contribution in [0, 0.1) is 10.7 Å². The summed E-state index contributed by atoms with van der Waals surface area (Å²) in [6, 6.07) is 2.13. The van der Waals surface area contributed by atoms with E-state index < -0.39 is 109 Å². The molecule has 212 valence electrons. The molecule has 0 aliphatic carbocycles. The van der Waals surface area contributed by atoms with Gasteiger partial charge in [0, 0.05) is 0 Å². The summed E-state index contributed by atoms with van der Waals surface area (Å²) in [5.74, 6) is -12.4. The molecule has 0 aliphatic rings. The Labute approximate surface area is 272 Å². The zero-order valence-electron chi connectivity index (χ0n) is 18.8. The van der Waals surface area contributed by atoms with Crippen LogP contribution in [0.1, 0.15) is 31.1 Å². The predicted octanol–water partition coefficient (Wildman–Crippen LogP) is 2.71. The van der Waals surface area contributed by atoms with E-state index in [-0.39, 0.29) is 10.7 Å². The molecule has 0 radical (unpaired) electrons. The summed E-state index contributed by atoms with van der Waals surface area (Å²) in [4.78, 5) is 38.6. The fraction of sp³-hybridized carbons (Fsp3) is 0. The van der Waals surface area contributed by atoms with Gasteiger partial charge in [0.05, 0.1) is 0 Å². The zero-order chi connectivity index (χ0) is 30.2. The number of carbonyl (C=O) groups excluding carboxylic acids is 3. The van der Waals surface area contributed by atoms with E-state index in [1.165, 1.54) is 67.8 Å². The Balaban J connectivity index is 2.02. The maximum atomic E-state index is 12.9. The van der Waals surface area contributed by atoms with E-state index in [1.54, 1.807) is 0 Å². The molecule has 0 amide bonds. The first-order valence-electron chi connectivity index (χ1n) is 9.83. The molecule has 0 heterocycles. The minimum absolute atomic E-state index is 0.301. The molecule has 9 N–H and O–H groups in total. The average molecular weight is 1090 g/mol. The van der Waals surface area contributed by atoms with E-state index in [0.717, 1.165) is 0 Å². The molecule has 0 atom stereocenters. The summed E-state index contributed by atoms with van der Waals surface area (Å²) in [5.41, 5.74) is -1.61. The van der Waals surface area contributed by atoms with Gasteiger partial charge in [-0.3, -0.25) is 0 Å². The summed E-state index contributed by atoms with van der Waals surface area (Å²) < 4.78 is 14.4. The fourth-order valence-electron chi connectivity index (χ4n) is 2.72. The second-order valence-corrected chi connectivity index (χ2v) is 14.3. The van der Waals surface area contributed by atoms with E-state index in [4.69, 9.17) is 8.44 Å². The van der Waals surface area contributed by atoms with Gasteiger partial charge in [-0.05, 0) is 0 Å². The Morgan fingerprint density at radius 3 is 0.925 bits per heavy atom. The molecule has 15 nitrogen and oxygen atoms in total. The van der Waals surface area contributed by atoms with Crippen molar-refractivity contribution in [3.8, 4) is 51.7 Å². The SMILES string of the molecule is O=C([O][Bi]([O]C(=O)c1cc(O)c(O)c(O)c1I)[O]C(=O)c1cc(O)c(O)c(O)c1I)c1cc(O)c(O)c(O)c1I. The number of benzene rings is 3. The van der Waals surface area contributed by atoms with Crippen LogP contribution in [-0.4, -0.2) is 86.9 Å². The number of hydrogen-bond acceptors (Lipinski definition) is 15. The van der Waals surface area contributed by atoms with Gasteiger partial charge in [-0.25, -0.2) is 0 Å². The first-order chi connectivity index (χ1) is 18.6. The number of hydrogen-bond donors (Lipinski definition) is 9. The summed E-state index contributed by atoms with van der Waals surface area (Å²) in [5, 5.41) is 88.1. The molecule has 0 saturated carbocycles. The standard InChI is InChI=1S/3C7H5IO5.Bi/c3*8-4-2(7(12)13)1-3(9)5(10)6(4)11;/h3*1,9-11H,(H,12,13);/q;;;+3/p-3. The van der Waals surface area contributed by atoms with Crippen LogP contribution in [0.4, 0.5) is 0 Å². The third kappa shape index (κ3) is 6.30. The number of halogens is 3. The summed E-state index contributed by atoms with van der Waals surface area (Å²) in [7, 11) is 0. The van der Waals surface area contributed by atoms with Crippen LogP contribution < -0.4 is 0 Å². The van der Waals surface area contributed by atoms with Crippen molar-refractivity contribution < 1.29 is 68.8 Å². The van der Waals surface area contributed by atoms with Gasteiger partial charge < -0.3 is 0 Å². The maximum absolute atomic E-state index is 12.9. The molecule has 19 heteroatoms. The Morgan fingerprint density at radius 1 is 0.475 bits per heavy atom. The van der Waals surface area contributed by atoms with Crippen molar-refractivity contribution >= 4 is 109 Å². The molecular formula is C21H12BiI3O15. The van der Waals surface area contributed by atoms with Crippen LogP contribution in [0.25, 0.3) is 0 Å². The molecule has 0 aliphatic heterocycles. The van der Waals surface area contributed by atoms with Gasteiger partial charge in [0.25, 0.3) is 0 Å². The van der Waals surface area contributed by atoms with E-state index in [0.29, 0.717) is 18.2 Å². The summed E-state index contributed by atoms with van der Waals surface area (Å²) in [6.07, 6.45) is 0. The van der Waals surface area contributed by atoms with Crippen LogP contribution in [0.2, 0.25) is 0 Å². The van der Waals surface area contributed by atoms with Crippen LogP contribution in [0.3, 0.4) is 0 Å². The predicted molar refractivity (Wildman–Crippen MR) is 154 cm³/mol. The molecule has 3 aromatic rings. The van der Waals surface area contributed by atoms with Gasteiger partial charge in [0.15, 0.2) is 0 Å². The average Bonchev–Trinajstić information content (AvgIpc) is 2.90. The number of phenols is 9. The Bertz CT molecular complexity index is 1390. The zero-order valence-corrected chi connectivity index (χ0v) is 28.7. The molecule has 0 unspecified atom stereocenters. The summed E-state index contributed by atoms with van der Waals surface area (Å²) in [6.45, 7) is 0. The molecule has 40 heavy (non-hydrogen) atoms. The molecule has 0 fully saturated rings. The van der Waals surface area contributed by atoms with Crippen molar-refractivity contribution in [2.75, 3.05) is 0 Å². The monoisotopic (exact) mass is 1090 g/mol. The van der Waals surface area contributed by atoms with E-state index >= 15 is 0 Å². The number of phenolic OH excluding ortho intramolecular Hbond substituents is 9. The topological polar surface area (TPSA) is 261 Å². The van der Waals surface area contributed by atoms with Gasteiger partial charge in [-0.2, -0.15) is 0 Å². The van der Waals surface area contributed by atoms with E-state index in [9.17, 15) is 60.3 Å². The Morgan fingerprint density at radius 2 is 0.700 bits per heavy atom. The van der Waals surface area contributed by atoms with E-state index in [2.05, 4.69) is 0 Å². The molecule has 0 bridgehead atoms. The number of rotatable bonds is 6. The normalized spacial score (nSPS) is 10.8. The fourth-order valence-corrected chi connectivity index (χ4v) is 7.77. The van der Waals surface area contributed by atoms with Crippen molar-refractivity contribution in [2.45, 2.75) is 0 Å². The Kier molecular flexibility index (Phi) is 9.93. The second kappa shape index (κ2) is 12.5. The quantitative estimate of drug-likeness (QED) is 0.0977. The first kappa shape index (κ1) is 31.9. The second-order valence-electron chi connectivity index (χ2n) is 7.22. The molecule has 0 aromatic heterocycles. The van der Waals surface area contributed by atoms with Crippen LogP contribution in [0.15, 0.2) is 18.2 Å². The third-order valence-corrected chi connectivity index (χ3v) is 11.7. The van der Waals surface area contributed by atoms with E-state index in [1.807, 2.05) is 0 Å². The van der Waals surface area contributed by atoms with Crippen LogP contribution >= 0.6 is 67.8 Å².